The van der Waals surface area contributed by atoms with E-state index in [1.54, 1.807) is 11.8 Å². The molecule has 0 saturated carbocycles. The lowest BCUT2D eigenvalue weighted by molar-refractivity contribution is -0.114. The van der Waals surface area contributed by atoms with Crippen molar-refractivity contribution >= 4 is 36.2 Å². The molecule has 0 aromatic rings. The second-order valence-corrected chi connectivity index (χ2v) is 9.39. The largest absolute Gasteiger partial charge is 0.297 e. The maximum absolute atomic E-state index is 13.0. The molecule has 1 unspecified atom stereocenters. The Balaban J connectivity index is 4.98. The van der Waals surface area contributed by atoms with Gasteiger partial charge in [-0.05, 0) is 6.26 Å². The molecule has 0 heterocycles. The van der Waals surface area contributed by atoms with Gasteiger partial charge < -0.3 is 0 Å². The highest BCUT2D eigenvalue weighted by Gasteiger charge is 2.34. The molecule has 0 spiro atoms. The maximum atomic E-state index is 13.0. The van der Waals surface area contributed by atoms with Gasteiger partial charge in [-0.1, -0.05) is 32.2 Å². The van der Waals surface area contributed by atoms with Gasteiger partial charge in [-0.3, -0.25) is 14.0 Å². The summed E-state index contributed by atoms with van der Waals surface area (Å²) in [6, 6.07) is 0. The van der Waals surface area contributed by atoms with E-state index in [-0.39, 0.29) is 0 Å². The number of carbonyl (C=O) groups is 1. The summed E-state index contributed by atoms with van der Waals surface area (Å²) in [7, 11) is 0. The number of nitrogens with zero attached hydrogens (tertiary/aromatic N) is 2. The Kier molecular flexibility index (Phi) is 9.51. The Morgan fingerprint density at radius 2 is 1.82 bits per heavy atom. The van der Waals surface area contributed by atoms with Gasteiger partial charge in [0.25, 0.3) is 6.65 Å². The van der Waals surface area contributed by atoms with Crippen molar-refractivity contribution in [2.24, 2.45) is 0 Å². The molecular formula is C10H23N2O2PS2. The van der Waals surface area contributed by atoms with Crippen molar-refractivity contribution in [2.75, 3.05) is 37.4 Å². The maximum Gasteiger partial charge on any atom is 0.297 e. The molecule has 4 nitrogen and oxygen atoms in total. The first-order chi connectivity index (χ1) is 8.10. The molecule has 0 fully saturated rings. The lowest BCUT2D eigenvalue weighted by Crippen LogP contribution is -2.31. The van der Waals surface area contributed by atoms with E-state index in [2.05, 4.69) is 0 Å². The zero-order chi connectivity index (χ0) is 13.3. The number of hydrogen-bond donors (Lipinski definition) is 0. The molecule has 0 aliphatic carbocycles. The molecule has 0 aliphatic rings. The van der Waals surface area contributed by atoms with Crippen molar-refractivity contribution in [1.82, 2.24) is 9.34 Å². The molecule has 1 amide bonds. The summed E-state index contributed by atoms with van der Waals surface area (Å²) in [4.78, 5) is 11.2. The van der Waals surface area contributed by atoms with Crippen LogP contribution in [0, 0.1) is 0 Å². The predicted octanol–water partition coefficient (Wildman–Crippen LogP) is 3.01. The summed E-state index contributed by atoms with van der Waals surface area (Å²) < 4.78 is 16.4. The average Bonchev–Trinajstić information content (AvgIpc) is 2.31. The van der Waals surface area contributed by atoms with Gasteiger partial charge >= 0.3 is 0 Å². The molecule has 102 valence electrons. The highest BCUT2D eigenvalue weighted by molar-refractivity contribution is 8.56. The van der Waals surface area contributed by atoms with Crippen LogP contribution >= 0.6 is 29.8 Å². The fraction of sp³-hybridized carbons (Fsp3) is 0.900. The van der Waals surface area contributed by atoms with Crippen LogP contribution in [0.25, 0.3) is 0 Å². The SMILES string of the molecule is CCSP(=O)(N(C=O)CCSC)N(CC)CC. The van der Waals surface area contributed by atoms with Gasteiger partial charge in [-0.2, -0.15) is 11.8 Å². The van der Waals surface area contributed by atoms with E-state index in [4.69, 9.17) is 0 Å². The predicted molar refractivity (Wildman–Crippen MR) is 79.8 cm³/mol. The standard InChI is InChI=1S/C10H23N2O2PS2/c1-5-11(6-2)15(14,17-7-3)12(10-13)8-9-16-4/h10H,5-9H2,1-4H3. The van der Waals surface area contributed by atoms with E-state index in [1.165, 1.54) is 16.1 Å². The van der Waals surface area contributed by atoms with Crippen LogP contribution in [0.1, 0.15) is 20.8 Å². The van der Waals surface area contributed by atoms with Crippen LogP contribution in [0.4, 0.5) is 0 Å². The Labute approximate surface area is 113 Å². The van der Waals surface area contributed by atoms with E-state index in [0.29, 0.717) is 19.6 Å². The highest BCUT2D eigenvalue weighted by Crippen LogP contribution is 2.63. The molecule has 0 bridgehead atoms. The fourth-order valence-corrected chi connectivity index (χ4v) is 7.16. The van der Waals surface area contributed by atoms with E-state index in [1.807, 2.05) is 31.7 Å². The van der Waals surface area contributed by atoms with Crippen LogP contribution in [0.3, 0.4) is 0 Å². The topological polar surface area (TPSA) is 40.6 Å². The Bertz CT molecular complexity index is 263. The zero-order valence-electron chi connectivity index (χ0n) is 11.1. The number of rotatable bonds is 10. The van der Waals surface area contributed by atoms with E-state index in [9.17, 15) is 9.36 Å². The minimum Gasteiger partial charge on any atom is -0.278 e. The summed E-state index contributed by atoms with van der Waals surface area (Å²) in [6.45, 7) is 5.10. The molecule has 0 aromatic heterocycles. The third kappa shape index (κ3) is 4.86. The van der Waals surface area contributed by atoms with Crippen molar-refractivity contribution in [3.8, 4) is 0 Å². The van der Waals surface area contributed by atoms with Gasteiger partial charge in [0.15, 0.2) is 0 Å². The first-order valence-corrected chi connectivity index (χ1v) is 10.4. The van der Waals surface area contributed by atoms with E-state index >= 15 is 0 Å². The third-order valence-electron chi connectivity index (χ3n) is 2.36. The van der Waals surface area contributed by atoms with Gasteiger partial charge in [0.05, 0.1) is 0 Å². The molecule has 7 heteroatoms. The summed E-state index contributed by atoms with van der Waals surface area (Å²) in [6.07, 6.45) is 2.72. The summed E-state index contributed by atoms with van der Waals surface area (Å²) >= 11 is 3.04. The van der Waals surface area contributed by atoms with Crippen molar-refractivity contribution in [2.45, 2.75) is 20.8 Å². The average molecular weight is 298 g/mol. The molecule has 0 N–H and O–H groups in total. The molecule has 17 heavy (non-hydrogen) atoms. The quantitative estimate of drug-likeness (QED) is 0.458. The van der Waals surface area contributed by atoms with Gasteiger partial charge in [0, 0.05) is 31.1 Å². The van der Waals surface area contributed by atoms with Crippen LogP contribution in [-0.4, -0.2) is 53.1 Å². The zero-order valence-corrected chi connectivity index (χ0v) is 13.6. The van der Waals surface area contributed by atoms with Crippen LogP contribution < -0.4 is 0 Å². The molecule has 0 radical (unpaired) electrons. The number of carbonyl (C=O) groups excluding carboxylic acids is 1. The lowest BCUT2D eigenvalue weighted by atomic mass is 10.7. The molecule has 0 saturated heterocycles. The molecular weight excluding hydrogens is 275 g/mol. The Morgan fingerprint density at radius 1 is 1.24 bits per heavy atom. The van der Waals surface area contributed by atoms with Gasteiger partial charge in [-0.25, -0.2) is 4.67 Å². The van der Waals surface area contributed by atoms with E-state index in [0.717, 1.165) is 17.9 Å². The van der Waals surface area contributed by atoms with Gasteiger partial charge in [0.2, 0.25) is 6.41 Å². The van der Waals surface area contributed by atoms with Crippen LogP contribution in [0.5, 0.6) is 0 Å². The summed E-state index contributed by atoms with van der Waals surface area (Å²) in [5.74, 6) is 1.56. The summed E-state index contributed by atoms with van der Waals surface area (Å²) in [5.41, 5.74) is 0. The first-order valence-electron chi connectivity index (χ1n) is 5.81. The number of hydrogen-bond acceptors (Lipinski definition) is 4. The molecule has 0 rings (SSSR count). The number of thioether (sulfide) groups is 1. The van der Waals surface area contributed by atoms with E-state index < -0.39 is 6.65 Å². The van der Waals surface area contributed by atoms with Crippen molar-refractivity contribution < 1.29 is 9.36 Å². The second kappa shape index (κ2) is 9.31. The Morgan fingerprint density at radius 3 is 2.18 bits per heavy atom. The van der Waals surface area contributed by atoms with Crippen molar-refractivity contribution in [3.05, 3.63) is 0 Å². The monoisotopic (exact) mass is 298 g/mol. The summed E-state index contributed by atoms with van der Waals surface area (Å²) in [5, 5.41) is 0. The fourth-order valence-electron chi connectivity index (χ4n) is 1.49. The van der Waals surface area contributed by atoms with Crippen LogP contribution in [0.2, 0.25) is 0 Å². The van der Waals surface area contributed by atoms with Crippen molar-refractivity contribution in [3.63, 3.8) is 0 Å². The Hall–Kier alpha value is 0.360. The number of amides is 1. The smallest absolute Gasteiger partial charge is 0.278 e. The lowest BCUT2D eigenvalue weighted by Gasteiger charge is -2.35. The van der Waals surface area contributed by atoms with Gasteiger partial charge in [-0.15, -0.1) is 0 Å². The second-order valence-electron chi connectivity index (χ2n) is 3.31. The normalized spacial score (nSPS) is 14.6. The van der Waals surface area contributed by atoms with Crippen LogP contribution in [0.15, 0.2) is 0 Å². The van der Waals surface area contributed by atoms with Gasteiger partial charge in [0.1, 0.15) is 0 Å². The first kappa shape index (κ1) is 17.4. The minimum absolute atomic E-state index is 0.547. The van der Waals surface area contributed by atoms with Crippen LogP contribution in [-0.2, 0) is 9.36 Å². The molecule has 0 aliphatic heterocycles. The van der Waals surface area contributed by atoms with Crippen molar-refractivity contribution in [1.29, 1.82) is 0 Å². The molecule has 0 aromatic carbocycles. The third-order valence-corrected chi connectivity index (χ3v) is 8.87. The minimum atomic E-state index is -2.77. The molecule has 1 atom stereocenters. The highest BCUT2D eigenvalue weighted by atomic mass is 32.7.